The van der Waals surface area contributed by atoms with Gasteiger partial charge in [0, 0.05) is 16.8 Å². The summed E-state index contributed by atoms with van der Waals surface area (Å²) in [6.45, 7) is -0.182. The van der Waals surface area contributed by atoms with Crippen LogP contribution in [0.4, 0.5) is 8.78 Å². The first-order chi connectivity index (χ1) is 8.61. The zero-order chi connectivity index (χ0) is 13.1. The molecule has 0 unspecified atom stereocenters. The Bertz CT molecular complexity index is 414. The summed E-state index contributed by atoms with van der Waals surface area (Å²) in [6, 6.07) is 1.88. The normalized spacial score (nSPS) is 14.0. The van der Waals surface area contributed by atoms with Crippen LogP contribution < -0.4 is 0 Å². The van der Waals surface area contributed by atoms with E-state index in [1.807, 2.05) is 6.07 Å². The van der Waals surface area contributed by atoms with Gasteiger partial charge in [-0.05, 0) is 30.9 Å². The number of aryl methyl sites for hydroxylation is 2. The fourth-order valence-electron chi connectivity index (χ4n) is 2.13. The maximum Gasteiger partial charge on any atom is 0.264 e. The number of thiophene rings is 1. The maximum absolute atomic E-state index is 12.4. The molecule has 1 aliphatic carbocycles. The second-order valence-corrected chi connectivity index (χ2v) is 6.17. The molecule has 0 aliphatic heterocycles. The number of carbonyl (C=O) groups is 1. The Morgan fingerprint density at radius 2 is 2.28 bits per heavy atom. The Kier molecular flexibility index (Phi) is 4.72. The number of halogens is 3. The van der Waals surface area contributed by atoms with Crippen LogP contribution in [0, 0.1) is 0 Å². The van der Waals surface area contributed by atoms with Gasteiger partial charge in [0.2, 0.25) is 0 Å². The highest BCUT2D eigenvalue weighted by Crippen LogP contribution is 2.31. The van der Waals surface area contributed by atoms with E-state index in [0.29, 0.717) is 16.8 Å². The summed E-state index contributed by atoms with van der Waals surface area (Å²) in [5, 5.41) is 0.510. The van der Waals surface area contributed by atoms with Crippen LogP contribution in [-0.4, -0.2) is 35.7 Å². The number of amides is 1. The van der Waals surface area contributed by atoms with Gasteiger partial charge in [0.05, 0.1) is 11.4 Å². The Hall–Kier alpha value is -0.490. The molecule has 1 aromatic heterocycles. The molecule has 0 radical (unpaired) electrons. The van der Waals surface area contributed by atoms with Crippen molar-refractivity contribution in [2.75, 3.05) is 18.4 Å². The molecule has 1 amide bonds. The van der Waals surface area contributed by atoms with Crippen LogP contribution in [0.5, 0.6) is 0 Å². The van der Waals surface area contributed by atoms with Crippen molar-refractivity contribution in [1.82, 2.24) is 4.90 Å². The minimum Gasteiger partial charge on any atom is -0.331 e. The number of alkyl halides is 3. The largest absolute Gasteiger partial charge is 0.331 e. The van der Waals surface area contributed by atoms with Crippen molar-refractivity contribution in [2.24, 2.45) is 0 Å². The molecule has 0 spiro atoms. The Labute approximate surface area is 117 Å². The molecule has 1 aromatic rings. The average molecular weight is 338 g/mol. The first-order valence-corrected chi connectivity index (χ1v) is 7.80. The molecule has 0 bridgehead atoms. The van der Waals surface area contributed by atoms with Gasteiger partial charge < -0.3 is 4.90 Å². The van der Waals surface area contributed by atoms with Crippen LogP contribution in [0.25, 0.3) is 0 Å². The fourth-order valence-corrected chi connectivity index (χ4v) is 3.78. The molecule has 18 heavy (non-hydrogen) atoms. The fraction of sp³-hybridized carbons (Fsp3) is 0.583. The molecule has 0 aromatic carbocycles. The van der Waals surface area contributed by atoms with Crippen LogP contribution in [0.15, 0.2) is 6.07 Å². The summed E-state index contributed by atoms with van der Waals surface area (Å²) in [5.41, 5.74) is 1.22. The number of rotatable bonds is 5. The highest BCUT2D eigenvalue weighted by Gasteiger charge is 2.23. The summed E-state index contributed by atoms with van der Waals surface area (Å²) in [5.74, 6) is -0.269. The van der Waals surface area contributed by atoms with Crippen LogP contribution in [-0.2, 0) is 12.8 Å². The summed E-state index contributed by atoms with van der Waals surface area (Å²) >= 11 is 4.65. The zero-order valence-electron chi connectivity index (χ0n) is 9.79. The molecular weight excluding hydrogens is 324 g/mol. The Balaban J connectivity index is 2.11. The number of carbonyl (C=O) groups excluding carboxylic acids is 1. The van der Waals surface area contributed by atoms with E-state index in [1.54, 1.807) is 0 Å². The van der Waals surface area contributed by atoms with E-state index in [4.69, 9.17) is 0 Å². The van der Waals surface area contributed by atoms with Crippen LogP contribution >= 0.6 is 27.3 Å². The molecule has 100 valence electrons. The van der Waals surface area contributed by atoms with E-state index in [9.17, 15) is 13.6 Å². The monoisotopic (exact) mass is 337 g/mol. The Morgan fingerprint density at radius 3 is 2.89 bits per heavy atom. The van der Waals surface area contributed by atoms with E-state index >= 15 is 0 Å². The molecule has 2 rings (SSSR count). The first-order valence-electron chi connectivity index (χ1n) is 5.86. The minimum atomic E-state index is -2.49. The summed E-state index contributed by atoms with van der Waals surface area (Å²) in [6.07, 6.45) is 0.671. The lowest BCUT2D eigenvalue weighted by Gasteiger charge is -2.20. The van der Waals surface area contributed by atoms with Crippen LogP contribution in [0.3, 0.4) is 0 Å². The van der Waals surface area contributed by atoms with Crippen molar-refractivity contribution in [1.29, 1.82) is 0 Å². The third-order valence-electron chi connectivity index (χ3n) is 2.96. The third-order valence-corrected chi connectivity index (χ3v) is 4.54. The van der Waals surface area contributed by atoms with Gasteiger partial charge in [-0.3, -0.25) is 4.79 Å². The minimum absolute atomic E-state index is 0.269. The van der Waals surface area contributed by atoms with Gasteiger partial charge in [0.15, 0.2) is 0 Å². The molecule has 0 N–H and O–H groups in total. The number of nitrogens with zero attached hydrogens (tertiary/aromatic N) is 1. The predicted molar refractivity (Wildman–Crippen MR) is 72.0 cm³/mol. The van der Waals surface area contributed by atoms with Crippen LogP contribution in [0.2, 0.25) is 0 Å². The topological polar surface area (TPSA) is 20.3 Å². The highest BCUT2D eigenvalue weighted by atomic mass is 79.9. The van der Waals surface area contributed by atoms with Crippen molar-refractivity contribution < 1.29 is 13.6 Å². The van der Waals surface area contributed by atoms with Crippen molar-refractivity contribution in [3.63, 3.8) is 0 Å². The quantitative estimate of drug-likeness (QED) is 0.754. The number of fused-ring (bicyclic) bond motifs is 1. The van der Waals surface area contributed by atoms with E-state index in [-0.39, 0.29) is 5.91 Å². The van der Waals surface area contributed by atoms with E-state index in [1.165, 1.54) is 26.7 Å². The standard InChI is InChI=1S/C12H14BrF2NOS/c13-4-5-16(7-11(14)15)12(17)10-6-8-2-1-3-9(8)18-10/h6,11H,1-5,7H2. The summed E-state index contributed by atoms with van der Waals surface area (Å²) in [7, 11) is 0. The molecule has 1 aliphatic rings. The van der Waals surface area contributed by atoms with Gasteiger partial charge in [0.1, 0.15) is 0 Å². The molecule has 2 nitrogen and oxygen atoms in total. The first kappa shape index (κ1) is 13.9. The lowest BCUT2D eigenvalue weighted by atomic mass is 10.2. The van der Waals surface area contributed by atoms with E-state index < -0.39 is 13.0 Å². The lowest BCUT2D eigenvalue weighted by Crippen LogP contribution is -2.36. The molecule has 0 saturated heterocycles. The lowest BCUT2D eigenvalue weighted by molar-refractivity contribution is 0.0576. The zero-order valence-corrected chi connectivity index (χ0v) is 12.2. The number of hydrogen-bond acceptors (Lipinski definition) is 2. The molecular formula is C12H14BrF2NOS. The van der Waals surface area contributed by atoms with Crippen LogP contribution in [0.1, 0.15) is 26.5 Å². The van der Waals surface area contributed by atoms with Gasteiger partial charge in [0.25, 0.3) is 12.3 Å². The molecule has 1 heterocycles. The average Bonchev–Trinajstić information content (AvgIpc) is 2.86. The molecule has 0 atom stereocenters. The second-order valence-electron chi connectivity index (χ2n) is 4.24. The predicted octanol–water partition coefficient (Wildman–Crippen LogP) is 3.34. The highest BCUT2D eigenvalue weighted by molar-refractivity contribution is 9.09. The molecule has 0 saturated carbocycles. The van der Waals surface area contributed by atoms with Crippen molar-refractivity contribution in [2.45, 2.75) is 25.7 Å². The second kappa shape index (κ2) is 6.10. The van der Waals surface area contributed by atoms with Gasteiger partial charge >= 0.3 is 0 Å². The van der Waals surface area contributed by atoms with Crippen molar-refractivity contribution in [3.8, 4) is 0 Å². The third kappa shape index (κ3) is 3.09. The van der Waals surface area contributed by atoms with Crippen molar-refractivity contribution in [3.05, 3.63) is 21.4 Å². The van der Waals surface area contributed by atoms with Gasteiger partial charge in [-0.25, -0.2) is 8.78 Å². The van der Waals surface area contributed by atoms with Gasteiger partial charge in [-0.2, -0.15) is 0 Å². The smallest absolute Gasteiger partial charge is 0.264 e. The van der Waals surface area contributed by atoms with E-state index in [0.717, 1.165) is 19.3 Å². The molecule has 0 fully saturated rings. The maximum atomic E-state index is 12.4. The van der Waals surface area contributed by atoms with Gasteiger partial charge in [-0.1, -0.05) is 15.9 Å². The Morgan fingerprint density at radius 1 is 1.50 bits per heavy atom. The molecule has 6 heteroatoms. The van der Waals surface area contributed by atoms with Gasteiger partial charge in [-0.15, -0.1) is 11.3 Å². The van der Waals surface area contributed by atoms with E-state index in [2.05, 4.69) is 15.9 Å². The summed E-state index contributed by atoms with van der Waals surface area (Å²) < 4.78 is 24.9. The van der Waals surface area contributed by atoms with Crippen molar-refractivity contribution >= 4 is 33.2 Å². The number of hydrogen-bond donors (Lipinski definition) is 0. The summed E-state index contributed by atoms with van der Waals surface area (Å²) in [4.78, 5) is 15.2. The SMILES string of the molecule is O=C(c1cc2c(s1)CCC2)N(CCBr)CC(F)F.